The third-order valence-corrected chi connectivity index (χ3v) is 12.4. The number of likely N-dealkylation sites (tertiary alicyclic amines) is 1. The van der Waals surface area contributed by atoms with Crippen LogP contribution >= 0.6 is 11.8 Å². The zero-order valence-corrected chi connectivity index (χ0v) is 39.5. The Balaban J connectivity index is 1.56. The number of imidazole rings is 1. The molecule has 22 heteroatoms. The van der Waals surface area contributed by atoms with Crippen LogP contribution in [-0.4, -0.2) is 139 Å². The maximum absolute atomic E-state index is 14.5. The molecule has 0 spiro atoms. The number of phenolic OH excluding ortho intramolecular Hbond substituents is 1. The molecule has 68 heavy (non-hydrogen) atoms. The van der Waals surface area contributed by atoms with Gasteiger partial charge in [-0.25, -0.2) is 9.78 Å². The highest BCUT2D eigenvalue weighted by atomic mass is 32.2. The van der Waals surface area contributed by atoms with Gasteiger partial charge in [-0.1, -0.05) is 63.2 Å². The average molecular weight is 963 g/mol. The number of hydrogen-bond acceptors (Lipinski definition) is 12. The van der Waals surface area contributed by atoms with Gasteiger partial charge in [0.1, 0.15) is 42.0 Å². The molecule has 1 aliphatic rings. The molecule has 0 saturated carbocycles. The fraction of sp³-hybridized carbons (Fsp3) is 0.500. The Morgan fingerprint density at radius 3 is 2.12 bits per heavy atom. The first-order valence-corrected chi connectivity index (χ1v) is 23.9. The van der Waals surface area contributed by atoms with Gasteiger partial charge in [0.05, 0.1) is 12.4 Å². The molecule has 14 N–H and O–H groups in total. The van der Waals surface area contributed by atoms with E-state index >= 15 is 0 Å². The number of guanidine groups is 1. The minimum Gasteiger partial charge on any atom is -0.508 e. The molecule has 1 saturated heterocycles. The van der Waals surface area contributed by atoms with E-state index in [1.54, 1.807) is 56.3 Å². The summed E-state index contributed by atoms with van der Waals surface area (Å²) in [6, 6.07) is 6.66. The van der Waals surface area contributed by atoms with E-state index in [0.29, 0.717) is 35.4 Å². The standard InChI is InChI=1S/C46H66N12O9S/c1-4-20-68-25-36(56-40(61)33(21-29-14-16-31(59)17-15-29)53-43(64)38(27(2)3)57-39(60)32(47)12-8-18-51-46(48)49)41(62)54-34(23-30-24-50-26-52-30)44(65)58-19-9-13-37(58)42(63)55-35(45(66)67)22-28-10-6-5-7-11-28/h5-7,10-11,14-17,24,26-27,32-38,59H,4,8-9,12-13,18-23,25,47H2,1-3H3,(H,50,52)(H,53,64)(H,54,62)(H,55,63)(H,56,61)(H,57,60)(H,66,67)(H4,48,49,51)/t32-,33-,34-,35-,36-,37-,38-/m0/s1. The number of hydrogen-bond donors (Lipinski definition) is 11. The van der Waals surface area contributed by atoms with E-state index in [2.05, 4.69) is 41.5 Å². The van der Waals surface area contributed by atoms with Crippen LogP contribution in [0, 0.1) is 5.92 Å². The monoisotopic (exact) mass is 962 g/mol. The van der Waals surface area contributed by atoms with Crippen molar-refractivity contribution in [2.45, 2.75) is 114 Å². The number of aliphatic imine (C=N–C) groups is 1. The van der Waals surface area contributed by atoms with Crippen LogP contribution < -0.4 is 43.8 Å². The maximum Gasteiger partial charge on any atom is 0.326 e. The van der Waals surface area contributed by atoms with Gasteiger partial charge in [0.15, 0.2) is 5.96 Å². The van der Waals surface area contributed by atoms with E-state index in [1.165, 1.54) is 41.3 Å². The summed E-state index contributed by atoms with van der Waals surface area (Å²) in [6.07, 6.45) is 4.88. The molecular weight excluding hydrogens is 897 g/mol. The number of nitrogens with one attached hydrogen (secondary N) is 6. The summed E-state index contributed by atoms with van der Waals surface area (Å²) in [7, 11) is 0. The molecule has 21 nitrogen and oxygen atoms in total. The number of aromatic nitrogens is 2. The molecular formula is C46H66N12O9S. The molecule has 1 aromatic heterocycles. The Kier molecular flexibility index (Phi) is 21.6. The largest absolute Gasteiger partial charge is 0.508 e. The number of phenols is 1. The van der Waals surface area contributed by atoms with Crippen molar-refractivity contribution < 1.29 is 43.8 Å². The number of carbonyl (C=O) groups is 7. The number of nitrogens with two attached hydrogens (primary N) is 3. The number of H-pyrrole nitrogens is 1. The molecule has 7 atom stereocenters. The highest BCUT2D eigenvalue weighted by molar-refractivity contribution is 7.99. The van der Waals surface area contributed by atoms with E-state index in [9.17, 15) is 43.8 Å². The first-order chi connectivity index (χ1) is 32.5. The minimum atomic E-state index is -1.30. The lowest BCUT2D eigenvalue weighted by Gasteiger charge is -2.31. The van der Waals surface area contributed by atoms with Crippen LogP contribution in [0.4, 0.5) is 0 Å². The molecule has 0 aliphatic carbocycles. The lowest BCUT2D eigenvalue weighted by atomic mass is 10.00. The summed E-state index contributed by atoms with van der Waals surface area (Å²) in [5, 5.41) is 33.6. The van der Waals surface area contributed by atoms with Crippen molar-refractivity contribution in [2.24, 2.45) is 28.1 Å². The van der Waals surface area contributed by atoms with Crippen molar-refractivity contribution in [1.82, 2.24) is 41.5 Å². The highest BCUT2D eigenvalue weighted by Gasteiger charge is 2.40. The lowest BCUT2D eigenvalue weighted by molar-refractivity contribution is -0.145. The van der Waals surface area contributed by atoms with Crippen molar-refractivity contribution in [1.29, 1.82) is 0 Å². The molecule has 6 amide bonds. The number of aromatic hydroxyl groups is 1. The van der Waals surface area contributed by atoms with Gasteiger partial charge in [0.2, 0.25) is 35.4 Å². The summed E-state index contributed by atoms with van der Waals surface area (Å²) >= 11 is 1.39. The summed E-state index contributed by atoms with van der Waals surface area (Å²) in [5.41, 5.74) is 18.6. The fourth-order valence-electron chi connectivity index (χ4n) is 7.49. The summed E-state index contributed by atoms with van der Waals surface area (Å²) in [4.78, 5) is 109. The van der Waals surface area contributed by atoms with Crippen LogP contribution in [0.1, 0.15) is 69.7 Å². The third-order valence-electron chi connectivity index (χ3n) is 11.2. The first-order valence-electron chi connectivity index (χ1n) is 22.7. The van der Waals surface area contributed by atoms with E-state index in [1.807, 2.05) is 6.92 Å². The summed E-state index contributed by atoms with van der Waals surface area (Å²) in [6.45, 7) is 5.80. The zero-order chi connectivity index (χ0) is 49.8. The SMILES string of the molecule is CCCSC[C@H](NC(=O)[C@H](Cc1ccc(O)cc1)NC(=O)[C@@H](NC(=O)[C@@H](N)CCCN=C(N)N)C(C)C)C(=O)N[C@@H](Cc1cnc[nH]1)C(=O)N1CCC[C@H]1C(=O)N[C@@H](Cc1ccccc1)C(=O)O. The number of thioether (sulfide) groups is 1. The predicted octanol–water partition coefficient (Wildman–Crippen LogP) is -0.177. The Bertz CT molecular complexity index is 2160. The van der Waals surface area contributed by atoms with Gasteiger partial charge < -0.3 is 63.9 Å². The third kappa shape index (κ3) is 17.2. The molecule has 4 rings (SSSR count). The molecule has 3 aromatic rings. The lowest BCUT2D eigenvalue weighted by Crippen LogP contribution is -2.61. The van der Waals surface area contributed by atoms with E-state index in [-0.39, 0.29) is 62.7 Å². The van der Waals surface area contributed by atoms with Crippen LogP contribution in [0.2, 0.25) is 0 Å². The molecule has 0 bridgehead atoms. The van der Waals surface area contributed by atoms with Crippen LogP contribution in [0.5, 0.6) is 5.75 Å². The van der Waals surface area contributed by atoms with E-state index < -0.39 is 89.6 Å². The molecule has 1 fully saturated rings. The second-order valence-electron chi connectivity index (χ2n) is 17.0. The Hall–Kier alpha value is -6.68. The smallest absolute Gasteiger partial charge is 0.326 e. The average Bonchev–Trinajstić information content (AvgIpc) is 4.02. The van der Waals surface area contributed by atoms with Crippen LogP contribution in [0.3, 0.4) is 0 Å². The quantitative estimate of drug-likeness (QED) is 0.0269. The number of carbonyl (C=O) groups excluding carboxylic acids is 6. The van der Waals surface area contributed by atoms with Gasteiger partial charge >= 0.3 is 5.97 Å². The van der Waals surface area contributed by atoms with E-state index in [0.717, 1.165) is 6.42 Å². The maximum atomic E-state index is 14.5. The summed E-state index contributed by atoms with van der Waals surface area (Å²) in [5.74, 6) is -5.08. The fourth-order valence-corrected chi connectivity index (χ4v) is 8.42. The number of rotatable bonds is 27. The van der Waals surface area contributed by atoms with Crippen LogP contribution in [-0.2, 0) is 52.8 Å². The van der Waals surface area contributed by atoms with Crippen molar-refractivity contribution >= 4 is 59.1 Å². The normalized spacial score (nSPS) is 16.0. The second kappa shape index (κ2) is 27.2. The van der Waals surface area contributed by atoms with Gasteiger partial charge in [0, 0.05) is 50.0 Å². The Morgan fingerprint density at radius 2 is 1.49 bits per heavy atom. The summed E-state index contributed by atoms with van der Waals surface area (Å²) < 4.78 is 0. The van der Waals surface area contributed by atoms with Crippen molar-refractivity contribution in [2.75, 3.05) is 24.6 Å². The van der Waals surface area contributed by atoms with Gasteiger partial charge in [0.25, 0.3) is 0 Å². The van der Waals surface area contributed by atoms with Crippen molar-refractivity contribution in [3.05, 3.63) is 83.9 Å². The van der Waals surface area contributed by atoms with Gasteiger partial charge in [-0.3, -0.25) is 33.8 Å². The first kappa shape index (κ1) is 53.9. The minimum absolute atomic E-state index is 0.0201. The number of nitrogens with zero attached hydrogens (tertiary/aromatic N) is 3. The number of carboxylic acids is 1. The number of aromatic amines is 1. The van der Waals surface area contributed by atoms with Gasteiger partial charge in [-0.15, -0.1) is 0 Å². The molecule has 2 aromatic carbocycles. The number of benzene rings is 2. The molecule has 1 aliphatic heterocycles. The Labute approximate surface area is 400 Å². The second-order valence-corrected chi connectivity index (χ2v) is 18.1. The molecule has 0 radical (unpaired) electrons. The number of aliphatic carboxylic acids is 1. The van der Waals surface area contributed by atoms with Gasteiger partial charge in [-0.05, 0) is 67.0 Å². The van der Waals surface area contributed by atoms with Crippen LogP contribution in [0.15, 0.2) is 72.1 Å². The van der Waals surface area contributed by atoms with Crippen molar-refractivity contribution in [3.8, 4) is 5.75 Å². The molecule has 370 valence electrons. The van der Waals surface area contributed by atoms with Crippen LogP contribution in [0.25, 0.3) is 0 Å². The zero-order valence-electron chi connectivity index (χ0n) is 38.7. The molecule has 2 heterocycles. The highest BCUT2D eigenvalue weighted by Crippen LogP contribution is 2.21. The molecule has 0 unspecified atom stereocenters. The Morgan fingerprint density at radius 1 is 0.838 bits per heavy atom. The van der Waals surface area contributed by atoms with Crippen molar-refractivity contribution in [3.63, 3.8) is 0 Å². The number of carboxylic acid groups (broad SMARTS) is 1. The number of amides is 6. The van der Waals surface area contributed by atoms with Gasteiger partial charge in [-0.2, -0.15) is 11.8 Å². The van der Waals surface area contributed by atoms with E-state index in [4.69, 9.17) is 17.2 Å². The predicted molar refractivity (Wildman–Crippen MR) is 257 cm³/mol. The topological polar surface area (TPSA) is 342 Å².